The van der Waals surface area contributed by atoms with Gasteiger partial charge in [0.05, 0.1) is 5.69 Å². The summed E-state index contributed by atoms with van der Waals surface area (Å²) < 4.78 is 0. The highest BCUT2D eigenvalue weighted by molar-refractivity contribution is 5.58. The van der Waals surface area contributed by atoms with Gasteiger partial charge in [0, 0.05) is 23.7 Å². The van der Waals surface area contributed by atoms with E-state index in [1.165, 1.54) is 56.2 Å². The van der Waals surface area contributed by atoms with Crippen molar-refractivity contribution in [1.82, 2.24) is 9.97 Å². The zero-order valence-electron chi connectivity index (χ0n) is 14.4. The van der Waals surface area contributed by atoms with E-state index in [0.717, 1.165) is 17.5 Å². The molecule has 2 aromatic rings. The second-order valence-corrected chi connectivity index (χ2v) is 7.25. The van der Waals surface area contributed by atoms with E-state index in [9.17, 15) is 0 Å². The highest BCUT2D eigenvalue weighted by Crippen LogP contribution is 2.40. The van der Waals surface area contributed by atoms with Gasteiger partial charge in [-0.1, -0.05) is 37.0 Å². The lowest BCUT2D eigenvalue weighted by atomic mass is 9.96. The topological polar surface area (TPSA) is 49.8 Å². The summed E-state index contributed by atoms with van der Waals surface area (Å²) in [5.41, 5.74) is 3.52. The molecular weight excluding hydrogens is 296 g/mol. The van der Waals surface area contributed by atoms with Gasteiger partial charge in [0.15, 0.2) is 0 Å². The lowest BCUT2D eigenvalue weighted by Crippen LogP contribution is -2.23. The first kappa shape index (κ1) is 15.4. The average Bonchev–Trinajstić information content (AvgIpc) is 3.43. The van der Waals surface area contributed by atoms with E-state index >= 15 is 0 Å². The molecule has 0 radical (unpaired) electrons. The third-order valence-electron chi connectivity index (χ3n) is 5.00. The van der Waals surface area contributed by atoms with E-state index in [1.54, 1.807) is 0 Å². The monoisotopic (exact) mass is 322 g/mol. The molecule has 2 aliphatic rings. The summed E-state index contributed by atoms with van der Waals surface area (Å²) in [6.45, 7) is 2.10. The number of anilines is 3. The Morgan fingerprint density at radius 1 is 0.917 bits per heavy atom. The van der Waals surface area contributed by atoms with Crippen LogP contribution in [0.3, 0.4) is 0 Å². The summed E-state index contributed by atoms with van der Waals surface area (Å²) in [5, 5.41) is 7.02. The van der Waals surface area contributed by atoms with Gasteiger partial charge in [-0.05, 0) is 44.7 Å². The summed E-state index contributed by atoms with van der Waals surface area (Å²) in [6, 6.07) is 11.1. The molecule has 0 unspecified atom stereocenters. The number of nitrogens with one attached hydrogen (secondary N) is 2. The molecule has 4 nitrogen and oxygen atoms in total. The fourth-order valence-electron chi connectivity index (χ4n) is 3.40. The average molecular weight is 322 g/mol. The van der Waals surface area contributed by atoms with Crippen molar-refractivity contribution < 1.29 is 0 Å². The fraction of sp³-hybridized carbons (Fsp3) is 0.500. The van der Waals surface area contributed by atoms with Crippen LogP contribution in [0.5, 0.6) is 0 Å². The predicted octanol–water partition coefficient (Wildman–Crippen LogP) is 5.15. The van der Waals surface area contributed by atoms with Gasteiger partial charge in [-0.15, -0.1) is 0 Å². The number of aryl methyl sites for hydroxylation is 1. The van der Waals surface area contributed by atoms with Crippen LogP contribution in [0, 0.1) is 6.92 Å². The molecule has 0 saturated heterocycles. The molecule has 0 spiro atoms. The third kappa shape index (κ3) is 3.86. The standard InChI is InChI=1S/C20H26N4/c1-14-7-11-17(12-8-14)21-19-13-18(15-9-10-15)23-20(24-19)22-16-5-3-2-4-6-16/h7-8,11-13,15-16H,2-6,9-10H2,1H3,(H2,21,22,23,24). The molecule has 1 aromatic heterocycles. The minimum atomic E-state index is 0.528. The van der Waals surface area contributed by atoms with E-state index in [2.05, 4.69) is 47.9 Å². The Hall–Kier alpha value is -2.10. The number of aromatic nitrogens is 2. The van der Waals surface area contributed by atoms with Crippen LogP contribution in [0.4, 0.5) is 17.5 Å². The summed E-state index contributed by atoms with van der Waals surface area (Å²) in [6.07, 6.45) is 8.97. The van der Waals surface area contributed by atoms with Crippen LogP contribution < -0.4 is 10.6 Å². The molecule has 0 amide bonds. The molecule has 126 valence electrons. The summed E-state index contributed by atoms with van der Waals surface area (Å²) in [4.78, 5) is 9.51. The number of benzene rings is 1. The molecule has 24 heavy (non-hydrogen) atoms. The lowest BCUT2D eigenvalue weighted by Gasteiger charge is -2.23. The molecule has 1 aromatic carbocycles. The zero-order chi connectivity index (χ0) is 16.4. The smallest absolute Gasteiger partial charge is 0.225 e. The number of rotatable bonds is 5. The molecule has 1 heterocycles. The Balaban J connectivity index is 1.54. The Labute approximate surface area is 144 Å². The van der Waals surface area contributed by atoms with Crippen molar-refractivity contribution in [2.24, 2.45) is 0 Å². The van der Waals surface area contributed by atoms with E-state index in [0.29, 0.717) is 12.0 Å². The molecule has 2 N–H and O–H groups in total. The van der Waals surface area contributed by atoms with Crippen molar-refractivity contribution in [3.63, 3.8) is 0 Å². The Morgan fingerprint density at radius 2 is 1.67 bits per heavy atom. The number of hydrogen-bond acceptors (Lipinski definition) is 4. The van der Waals surface area contributed by atoms with E-state index < -0.39 is 0 Å². The van der Waals surface area contributed by atoms with Gasteiger partial charge < -0.3 is 10.6 Å². The minimum absolute atomic E-state index is 0.528. The molecule has 0 aliphatic heterocycles. The van der Waals surface area contributed by atoms with Crippen LogP contribution in [0.25, 0.3) is 0 Å². The summed E-state index contributed by atoms with van der Waals surface area (Å²) >= 11 is 0. The molecule has 0 bridgehead atoms. The zero-order valence-corrected chi connectivity index (χ0v) is 14.4. The predicted molar refractivity (Wildman–Crippen MR) is 99.0 cm³/mol. The van der Waals surface area contributed by atoms with Crippen molar-refractivity contribution in [3.8, 4) is 0 Å². The van der Waals surface area contributed by atoms with Gasteiger partial charge in [-0.25, -0.2) is 4.98 Å². The van der Waals surface area contributed by atoms with Crippen LogP contribution in [0.2, 0.25) is 0 Å². The first-order valence-electron chi connectivity index (χ1n) is 9.25. The van der Waals surface area contributed by atoms with Crippen molar-refractivity contribution >= 4 is 17.5 Å². The van der Waals surface area contributed by atoms with Crippen molar-refractivity contribution in [1.29, 1.82) is 0 Å². The maximum atomic E-state index is 4.78. The Morgan fingerprint density at radius 3 is 2.38 bits per heavy atom. The lowest BCUT2D eigenvalue weighted by molar-refractivity contribution is 0.460. The molecule has 2 saturated carbocycles. The minimum Gasteiger partial charge on any atom is -0.351 e. The van der Waals surface area contributed by atoms with Gasteiger partial charge in [0.1, 0.15) is 5.82 Å². The quantitative estimate of drug-likeness (QED) is 0.799. The Kier molecular flexibility index (Phi) is 4.37. The normalized spacial score (nSPS) is 18.4. The van der Waals surface area contributed by atoms with Crippen molar-refractivity contribution in [2.45, 2.75) is 63.8 Å². The molecule has 2 fully saturated rings. The maximum Gasteiger partial charge on any atom is 0.225 e. The summed E-state index contributed by atoms with van der Waals surface area (Å²) in [7, 11) is 0. The first-order chi connectivity index (χ1) is 11.8. The van der Waals surface area contributed by atoms with Crippen molar-refractivity contribution in [2.75, 3.05) is 10.6 Å². The first-order valence-corrected chi connectivity index (χ1v) is 9.25. The number of hydrogen-bond donors (Lipinski definition) is 2. The molecule has 4 heteroatoms. The number of nitrogens with zero attached hydrogens (tertiary/aromatic N) is 2. The molecular formula is C20H26N4. The van der Waals surface area contributed by atoms with Crippen LogP contribution in [0.15, 0.2) is 30.3 Å². The van der Waals surface area contributed by atoms with Gasteiger partial charge >= 0.3 is 0 Å². The largest absolute Gasteiger partial charge is 0.351 e. The van der Waals surface area contributed by atoms with Crippen LogP contribution >= 0.6 is 0 Å². The van der Waals surface area contributed by atoms with Gasteiger partial charge in [0.2, 0.25) is 5.95 Å². The highest BCUT2D eigenvalue weighted by Gasteiger charge is 2.26. The van der Waals surface area contributed by atoms with Crippen LogP contribution in [0.1, 0.15) is 62.1 Å². The Bertz CT molecular complexity index is 685. The molecule has 4 rings (SSSR count). The van der Waals surface area contributed by atoms with Crippen LogP contribution in [-0.4, -0.2) is 16.0 Å². The van der Waals surface area contributed by atoms with Gasteiger partial charge in [-0.2, -0.15) is 4.98 Å². The van der Waals surface area contributed by atoms with E-state index in [4.69, 9.17) is 9.97 Å². The van der Waals surface area contributed by atoms with Crippen molar-refractivity contribution in [3.05, 3.63) is 41.6 Å². The van der Waals surface area contributed by atoms with E-state index in [-0.39, 0.29) is 0 Å². The third-order valence-corrected chi connectivity index (χ3v) is 5.00. The summed E-state index contributed by atoms with van der Waals surface area (Å²) in [5.74, 6) is 2.31. The van der Waals surface area contributed by atoms with Crippen LogP contribution in [-0.2, 0) is 0 Å². The maximum absolute atomic E-state index is 4.78. The van der Waals surface area contributed by atoms with Gasteiger partial charge in [0.25, 0.3) is 0 Å². The highest BCUT2D eigenvalue weighted by atomic mass is 15.2. The molecule has 0 atom stereocenters. The second kappa shape index (κ2) is 6.80. The second-order valence-electron chi connectivity index (χ2n) is 7.25. The van der Waals surface area contributed by atoms with Gasteiger partial charge in [-0.3, -0.25) is 0 Å². The molecule has 2 aliphatic carbocycles. The van der Waals surface area contributed by atoms with E-state index in [1.807, 2.05) is 0 Å². The fourth-order valence-corrected chi connectivity index (χ4v) is 3.40. The SMILES string of the molecule is Cc1ccc(Nc2cc(C3CC3)nc(NC3CCCCC3)n2)cc1.